The van der Waals surface area contributed by atoms with Crippen molar-refractivity contribution in [1.82, 2.24) is 0 Å². The fraction of sp³-hybridized carbons (Fsp3) is 0. The van der Waals surface area contributed by atoms with E-state index >= 15 is 0 Å². The van der Waals surface area contributed by atoms with E-state index in [-0.39, 0.29) is 0 Å². The van der Waals surface area contributed by atoms with Crippen LogP contribution in [0.5, 0.6) is 0 Å². The SMILES string of the molecule is N=C=O.c1ccc2ccccc2c1. The van der Waals surface area contributed by atoms with Gasteiger partial charge in [0.1, 0.15) is 0 Å². The Morgan fingerprint density at radius 2 is 1.08 bits per heavy atom. The van der Waals surface area contributed by atoms with Gasteiger partial charge in [0.05, 0.1) is 0 Å². The lowest BCUT2D eigenvalue weighted by atomic mass is 10.1. The molecule has 0 heterocycles. The van der Waals surface area contributed by atoms with Gasteiger partial charge in [0.2, 0.25) is 6.08 Å². The van der Waals surface area contributed by atoms with Crippen molar-refractivity contribution >= 4 is 16.9 Å². The van der Waals surface area contributed by atoms with Gasteiger partial charge < -0.3 is 0 Å². The lowest BCUT2D eigenvalue weighted by molar-refractivity contribution is 0.563. The van der Waals surface area contributed by atoms with Crippen LogP contribution in [-0.2, 0) is 4.79 Å². The third-order valence-electron chi connectivity index (χ3n) is 1.66. The largest absolute Gasteiger partial charge is 0.231 e. The average Bonchev–Trinajstić information content (AvgIpc) is 2.19. The molecule has 2 aromatic rings. The molecule has 0 fully saturated rings. The molecule has 2 heteroatoms. The van der Waals surface area contributed by atoms with Gasteiger partial charge in [0, 0.05) is 0 Å². The Morgan fingerprint density at radius 1 is 0.846 bits per heavy atom. The normalized spacial score (nSPS) is 8.31. The van der Waals surface area contributed by atoms with Crippen LogP contribution < -0.4 is 0 Å². The van der Waals surface area contributed by atoms with E-state index in [9.17, 15) is 0 Å². The molecule has 0 aromatic heterocycles. The number of hydrogen-bond donors (Lipinski definition) is 1. The van der Waals surface area contributed by atoms with E-state index in [2.05, 4.69) is 48.5 Å². The van der Waals surface area contributed by atoms with E-state index in [1.165, 1.54) is 10.8 Å². The lowest BCUT2D eigenvalue weighted by Gasteiger charge is -1.92. The van der Waals surface area contributed by atoms with Gasteiger partial charge in [-0.15, -0.1) is 0 Å². The third-order valence-corrected chi connectivity index (χ3v) is 1.66. The molecule has 0 saturated carbocycles. The molecular weight excluding hydrogens is 162 g/mol. The Hall–Kier alpha value is -1.92. The van der Waals surface area contributed by atoms with Crippen molar-refractivity contribution in [3.63, 3.8) is 0 Å². The van der Waals surface area contributed by atoms with Crippen LogP contribution in [0.2, 0.25) is 0 Å². The quantitative estimate of drug-likeness (QED) is 0.480. The minimum Gasteiger partial charge on any atom is -0.222 e. The molecule has 2 aromatic carbocycles. The minimum atomic E-state index is 0.750. The maximum absolute atomic E-state index is 8.35. The van der Waals surface area contributed by atoms with Gasteiger partial charge in [-0.1, -0.05) is 48.5 Å². The summed E-state index contributed by atoms with van der Waals surface area (Å²) < 4.78 is 0. The Kier molecular flexibility index (Phi) is 3.43. The van der Waals surface area contributed by atoms with Gasteiger partial charge in [0.15, 0.2) is 0 Å². The first kappa shape index (κ1) is 9.17. The van der Waals surface area contributed by atoms with Crippen LogP contribution in [0.25, 0.3) is 10.8 Å². The molecule has 0 atom stereocenters. The van der Waals surface area contributed by atoms with Gasteiger partial charge in [0.25, 0.3) is 0 Å². The van der Waals surface area contributed by atoms with Crippen molar-refractivity contribution < 1.29 is 4.79 Å². The van der Waals surface area contributed by atoms with Crippen LogP contribution in [0.4, 0.5) is 0 Å². The maximum atomic E-state index is 8.35. The molecule has 1 N–H and O–H groups in total. The zero-order valence-corrected chi connectivity index (χ0v) is 7.03. The fourth-order valence-electron chi connectivity index (χ4n) is 1.13. The highest BCUT2D eigenvalue weighted by atomic mass is 16.1. The number of nitrogens with one attached hydrogen (secondary N) is 1. The first-order valence-corrected chi connectivity index (χ1v) is 3.86. The third kappa shape index (κ3) is 2.55. The second kappa shape index (κ2) is 4.86. The first-order valence-electron chi connectivity index (χ1n) is 3.86. The first-order chi connectivity index (χ1) is 6.38. The monoisotopic (exact) mass is 171 g/mol. The summed E-state index contributed by atoms with van der Waals surface area (Å²) in [6.45, 7) is 0. The van der Waals surface area contributed by atoms with E-state index in [1.807, 2.05) is 0 Å². The summed E-state index contributed by atoms with van der Waals surface area (Å²) >= 11 is 0. The van der Waals surface area contributed by atoms with Gasteiger partial charge in [-0.3, -0.25) is 0 Å². The van der Waals surface area contributed by atoms with Crippen LogP contribution in [0, 0.1) is 5.41 Å². The Labute approximate surface area is 76.3 Å². The molecule has 2 nitrogen and oxygen atoms in total. The Balaban J connectivity index is 0.000000251. The highest BCUT2D eigenvalue weighted by molar-refractivity contribution is 5.81. The predicted molar refractivity (Wildman–Crippen MR) is 52.4 cm³/mol. The Morgan fingerprint density at radius 3 is 1.31 bits per heavy atom. The summed E-state index contributed by atoms with van der Waals surface area (Å²) in [6, 6.07) is 16.7. The predicted octanol–water partition coefficient (Wildman–Crippen LogP) is 2.74. The average molecular weight is 171 g/mol. The van der Waals surface area contributed by atoms with Crippen molar-refractivity contribution in [2.24, 2.45) is 0 Å². The van der Waals surface area contributed by atoms with Crippen LogP contribution in [0.3, 0.4) is 0 Å². The van der Waals surface area contributed by atoms with E-state index in [4.69, 9.17) is 10.2 Å². The number of isocyanates is 1. The van der Waals surface area contributed by atoms with Crippen molar-refractivity contribution in [2.45, 2.75) is 0 Å². The van der Waals surface area contributed by atoms with Gasteiger partial charge >= 0.3 is 0 Å². The van der Waals surface area contributed by atoms with Crippen LogP contribution in [0.15, 0.2) is 48.5 Å². The fourth-order valence-corrected chi connectivity index (χ4v) is 1.13. The second-order valence-electron chi connectivity index (χ2n) is 2.45. The van der Waals surface area contributed by atoms with Crippen LogP contribution in [-0.4, -0.2) is 6.08 Å². The van der Waals surface area contributed by atoms with Crippen molar-refractivity contribution in [2.75, 3.05) is 0 Å². The Bertz CT molecular complexity index is 352. The number of benzene rings is 2. The molecule has 0 bridgehead atoms. The lowest BCUT2D eigenvalue weighted by Crippen LogP contribution is -1.67. The van der Waals surface area contributed by atoms with Crippen molar-refractivity contribution in [3.05, 3.63) is 48.5 Å². The molecule has 0 aliphatic carbocycles. The molecule has 0 amide bonds. The van der Waals surface area contributed by atoms with Crippen molar-refractivity contribution in [1.29, 1.82) is 5.41 Å². The molecule has 64 valence electrons. The van der Waals surface area contributed by atoms with E-state index < -0.39 is 0 Å². The number of rotatable bonds is 0. The highest BCUT2D eigenvalue weighted by Crippen LogP contribution is 2.11. The van der Waals surface area contributed by atoms with Gasteiger partial charge in [-0.2, -0.15) is 0 Å². The standard InChI is InChI=1S/C10H8.CHNO/c1-2-6-10-8-4-3-7-9(10)5-1;2-1-3/h1-8H;2H. The smallest absolute Gasteiger partial charge is 0.222 e. The van der Waals surface area contributed by atoms with E-state index in [0.717, 1.165) is 6.08 Å². The molecule has 0 unspecified atom stereocenters. The van der Waals surface area contributed by atoms with Crippen molar-refractivity contribution in [3.8, 4) is 0 Å². The molecule has 13 heavy (non-hydrogen) atoms. The number of hydrogen-bond acceptors (Lipinski definition) is 2. The molecule has 0 saturated heterocycles. The van der Waals surface area contributed by atoms with E-state index in [1.54, 1.807) is 0 Å². The molecular formula is C11H9NO. The van der Waals surface area contributed by atoms with Gasteiger partial charge in [-0.05, 0) is 10.8 Å². The molecule has 0 aliphatic heterocycles. The summed E-state index contributed by atoms with van der Waals surface area (Å²) in [5.41, 5.74) is 0. The topological polar surface area (TPSA) is 40.9 Å². The summed E-state index contributed by atoms with van der Waals surface area (Å²) in [6.07, 6.45) is 0.750. The molecule has 2 rings (SSSR count). The number of fused-ring (bicyclic) bond motifs is 1. The summed E-state index contributed by atoms with van der Waals surface area (Å²) in [7, 11) is 0. The van der Waals surface area contributed by atoms with Crippen LogP contribution in [0.1, 0.15) is 0 Å². The minimum absolute atomic E-state index is 0.750. The van der Waals surface area contributed by atoms with E-state index in [0.29, 0.717) is 0 Å². The molecule has 0 aliphatic rings. The summed E-state index contributed by atoms with van der Waals surface area (Å²) in [5, 5.41) is 8.02. The summed E-state index contributed by atoms with van der Waals surface area (Å²) in [4.78, 5) is 8.35. The summed E-state index contributed by atoms with van der Waals surface area (Å²) in [5.74, 6) is 0. The zero-order valence-electron chi connectivity index (χ0n) is 7.03. The maximum Gasteiger partial charge on any atom is 0.231 e. The molecule has 0 spiro atoms. The number of carbonyl (C=O) groups excluding carboxylic acids is 1. The molecule has 0 radical (unpaired) electrons. The zero-order chi connectivity index (χ0) is 9.52. The van der Waals surface area contributed by atoms with Crippen LogP contribution >= 0.6 is 0 Å². The van der Waals surface area contributed by atoms with Gasteiger partial charge in [-0.25, -0.2) is 10.2 Å². The second-order valence-corrected chi connectivity index (χ2v) is 2.45. The highest BCUT2D eigenvalue weighted by Gasteiger charge is 1.85.